The molecular weight excluding hydrogens is 633 g/mol. The van der Waals surface area contributed by atoms with Gasteiger partial charge in [0.1, 0.15) is 0 Å². The number of nitrogens with zero attached hydrogens (tertiary/aromatic N) is 4. The van der Waals surface area contributed by atoms with E-state index >= 15 is 0 Å². The first kappa shape index (κ1) is 31.0. The molecule has 7 aromatic carbocycles. The number of hydrogen-bond acceptors (Lipinski definition) is 4. The second kappa shape index (κ2) is 13.7. The van der Waals surface area contributed by atoms with Crippen LogP contribution in [0.1, 0.15) is 0 Å². The Morgan fingerprint density at radius 1 is 0.269 bits per heavy atom. The molecule has 0 N–H and O–H groups in total. The van der Waals surface area contributed by atoms with Gasteiger partial charge in [0.05, 0.1) is 35.1 Å². The maximum atomic E-state index is 4.58. The molecule has 0 saturated heterocycles. The molecule has 2 aromatic heterocycles. The van der Waals surface area contributed by atoms with Gasteiger partial charge in [0.15, 0.2) is 0 Å². The van der Waals surface area contributed by atoms with Gasteiger partial charge in [0.2, 0.25) is 0 Å². The fourth-order valence-electron chi connectivity index (χ4n) is 7.22. The van der Waals surface area contributed by atoms with Crippen molar-refractivity contribution in [2.24, 2.45) is 0 Å². The van der Waals surface area contributed by atoms with Crippen molar-refractivity contribution in [3.63, 3.8) is 0 Å². The standard InChI is InChI=1S/C48H34N4/c1-3-13-35(14-4-1)37-23-27-39(28-24-37)51(41-17-11-31-49-33-41)47-43-19-7-9-21-45(43)48(46-22-10-8-20-44(46)47)52(42-18-12-32-50-34-42)40-29-25-38(26-30-40)36-15-5-2-6-16-36/h1-34H. The summed E-state index contributed by atoms with van der Waals surface area (Å²) in [6, 6.07) is 64.4. The summed E-state index contributed by atoms with van der Waals surface area (Å²) in [7, 11) is 0. The summed E-state index contributed by atoms with van der Waals surface area (Å²) >= 11 is 0. The van der Waals surface area contributed by atoms with Gasteiger partial charge in [0.25, 0.3) is 0 Å². The molecule has 0 spiro atoms. The predicted octanol–water partition coefficient (Wildman–Crippen LogP) is 13.1. The highest BCUT2D eigenvalue weighted by Gasteiger charge is 2.25. The summed E-state index contributed by atoms with van der Waals surface area (Å²) < 4.78 is 0. The lowest BCUT2D eigenvalue weighted by molar-refractivity contribution is 1.23. The van der Waals surface area contributed by atoms with Crippen molar-refractivity contribution in [1.29, 1.82) is 0 Å². The molecule has 0 bridgehead atoms. The maximum absolute atomic E-state index is 4.58. The van der Waals surface area contributed by atoms with Gasteiger partial charge >= 0.3 is 0 Å². The second-order valence-electron chi connectivity index (χ2n) is 12.7. The third-order valence-corrected chi connectivity index (χ3v) is 9.60. The van der Waals surface area contributed by atoms with Gasteiger partial charge in [-0.15, -0.1) is 0 Å². The molecule has 0 aliphatic heterocycles. The van der Waals surface area contributed by atoms with Gasteiger partial charge < -0.3 is 9.80 Å². The highest BCUT2D eigenvalue weighted by Crippen LogP contribution is 2.51. The van der Waals surface area contributed by atoms with Crippen LogP contribution in [0, 0.1) is 0 Å². The molecule has 246 valence electrons. The Hall–Kier alpha value is -7.04. The summed E-state index contributed by atoms with van der Waals surface area (Å²) in [5, 5.41) is 4.51. The Balaban J connectivity index is 1.29. The molecular formula is C48H34N4. The van der Waals surface area contributed by atoms with E-state index in [0.717, 1.165) is 55.7 Å². The van der Waals surface area contributed by atoms with Crippen LogP contribution in [0.5, 0.6) is 0 Å². The molecule has 0 unspecified atom stereocenters. The summed E-state index contributed by atoms with van der Waals surface area (Å²) in [5.41, 5.74) is 11.0. The summed E-state index contributed by atoms with van der Waals surface area (Å²) in [6.07, 6.45) is 7.54. The van der Waals surface area contributed by atoms with Crippen LogP contribution in [0.2, 0.25) is 0 Å². The number of rotatable bonds is 8. The van der Waals surface area contributed by atoms with E-state index in [0.29, 0.717) is 0 Å². The van der Waals surface area contributed by atoms with Gasteiger partial charge in [-0.2, -0.15) is 0 Å². The quantitative estimate of drug-likeness (QED) is 0.119. The number of benzene rings is 7. The van der Waals surface area contributed by atoms with Crippen LogP contribution in [-0.4, -0.2) is 9.97 Å². The van der Waals surface area contributed by atoms with Gasteiger partial charge in [-0.3, -0.25) is 9.97 Å². The second-order valence-corrected chi connectivity index (χ2v) is 12.7. The molecule has 0 aliphatic carbocycles. The fourth-order valence-corrected chi connectivity index (χ4v) is 7.22. The lowest BCUT2D eigenvalue weighted by atomic mass is 9.95. The zero-order valence-electron chi connectivity index (χ0n) is 28.4. The van der Waals surface area contributed by atoms with E-state index in [9.17, 15) is 0 Å². The largest absolute Gasteiger partial charge is 0.308 e. The predicted molar refractivity (Wildman–Crippen MR) is 217 cm³/mol. The number of anilines is 6. The molecule has 9 rings (SSSR count). The van der Waals surface area contributed by atoms with Crippen molar-refractivity contribution in [3.05, 3.63) is 207 Å². The zero-order valence-corrected chi connectivity index (χ0v) is 28.4. The van der Waals surface area contributed by atoms with E-state index < -0.39 is 0 Å². The molecule has 0 atom stereocenters. The summed E-state index contributed by atoms with van der Waals surface area (Å²) in [6.45, 7) is 0. The smallest absolute Gasteiger partial charge is 0.0645 e. The SMILES string of the molecule is c1ccc(-c2ccc(N(c3cccnc3)c3c4ccccc4c(N(c4ccc(-c5ccccc5)cc4)c4cccnc4)c4ccccc34)cc2)cc1. The first-order valence-electron chi connectivity index (χ1n) is 17.5. The van der Waals surface area contributed by atoms with Crippen LogP contribution in [0.15, 0.2) is 207 Å². The highest BCUT2D eigenvalue weighted by molar-refractivity contribution is 6.23. The van der Waals surface area contributed by atoms with Crippen LogP contribution in [0.25, 0.3) is 43.8 Å². The fraction of sp³-hybridized carbons (Fsp3) is 0. The number of aromatic nitrogens is 2. The molecule has 4 nitrogen and oxygen atoms in total. The molecule has 9 aromatic rings. The van der Waals surface area contributed by atoms with Crippen molar-refractivity contribution in [3.8, 4) is 22.3 Å². The lowest BCUT2D eigenvalue weighted by Crippen LogP contribution is -2.14. The van der Waals surface area contributed by atoms with Gasteiger partial charge in [-0.1, -0.05) is 133 Å². The molecule has 0 fully saturated rings. The van der Waals surface area contributed by atoms with Gasteiger partial charge in [0, 0.05) is 45.3 Å². The Labute approximate surface area is 303 Å². The average Bonchev–Trinajstić information content (AvgIpc) is 3.23. The van der Waals surface area contributed by atoms with Gasteiger partial charge in [-0.05, 0) is 70.8 Å². The Bertz CT molecular complexity index is 2350. The highest BCUT2D eigenvalue weighted by atomic mass is 15.2. The van der Waals surface area contributed by atoms with Crippen LogP contribution in [0.3, 0.4) is 0 Å². The van der Waals surface area contributed by atoms with Crippen molar-refractivity contribution in [2.45, 2.75) is 0 Å². The molecule has 52 heavy (non-hydrogen) atoms. The lowest BCUT2D eigenvalue weighted by Gasteiger charge is -2.32. The van der Waals surface area contributed by atoms with Crippen molar-refractivity contribution in [2.75, 3.05) is 9.80 Å². The van der Waals surface area contributed by atoms with Crippen molar-refractivity contribution < 1.29 is 0 Å². The van der Waals surface area contributed by atoms with Crippen molar-refractivity contribution in [1.82, 2.24) is 9.97 Å². The van der Waals surface area contributed by atoms with Crippen LogP contribution < -0.4 is 9.80 Å². The van der Waals surface area contributed by atoms with Crippen molar-refractivity contribution >= 4 is 55.7 Å². The molecule has 0 aliphatic rings. The van der Waals surface area contributed by atoms with E-state index in [2.05, 4.69) is 190 Å². The first-order valence-corrected chi connectivity index (χ1v) is 17.5. The Morgan fingerprint density at radius 3 is 0.923 bits per heavy atom. The van der Waals surface area contributed by atoms with Crippen LogP contribution in [-0.2, 0) is 0 Å². The third kappa shape index (κ3) is 5.72. The summed E-state index contributed by atoms with van der Waals surface area (Å²) in [5.74, 6) is 0. The average molecular weight is 667 g/mol. The van der Waals surface area contributed by atoms with E-state index in [1.807, 2.05) is 36.9 Å². The number of fused-ring (bicyclic) bond motifs is 2. The summed E-state index contributed by atoms with van der Waals surface area (Å²) in [4.78, 5) is 13.9. The minimum absolute atomic E-state index is 0.985. The molecule has 0 amide bonds. The first-order chi connectivity index (χ1) is 25.8. The third-order valence-electron chi connectivity index (χ3n) is 9.60. The molecule has 0 radical (unpaired) electrons. The van der Waals surface area contributed by atoms with Crippen LogP contribution >= 0.6 is 0 Å². The zero-order chi connectivity index (χ0) is 34.7. The molecule has 2 heterocycles. The number of hydrogen-bond donors (Lipinski definition) is 0. The van der Waals surface area contributed by atoms with E-state index in [1.165, 1.54) is 22.3 Å². The van der Waals surface area contributed by atoms with Gasteiger partial charge in [-0.25, -0.2) is 0 Å². The molecule has 4 heteroatoms. The van der Waals surface area contributed by atoms with Crippen LogP contribution in [0.4, 0.5) is 34.1 Å². The van der Waals surface area contributed by atoms with E-state index in [1.54, 1.807) is 0 Å². The minimum Gasteiger partial charge on any atom is -0.308 e. The normalized spacial score (nSPS) is 11.1. The number of pyridine rings is 2. The van der Waals surface area contributed by atoms with E-state index in [4.69, 9.17) is 0 Å². The monoisotopic (exact) mass is 666 g/mol. The topological polar surface area (TPSA) is 32.3 Å². The minimum atomic E-state index is 0.985. The Morgan fingerprint density at radius 2 is 0.596 bits per heavy atom. The molecule has 0 saturated carbocycles. The Kier molecular flexibility index (Phi) is 8.16. The van der Waals surface area contributed by atoms with E-state index in [-0.39, 0.29) is 0 Å². The maximum Gasteiger partial charge on any atom is 0.0645 e.